The number of hydrogen-bond acceptors (Lipinski definition) is 6. The Morgan fingerprint density at radius 3 is 2.27 bits per heavy atom. The van der Waals surface area contributed by atoms with Gasteiger partial charge in [0.25, 0.3) is 0 Å². The van der Waals surface area contributed by atoms with E-state index in [1.54, 1.807) is 26.4 Å². The third kappa shape index (κ3) is 5.29. The first kappa shape index (κ1) is 19.9. The molecule has 144 valence electrons. The molecule has 0 aromatic heterocycles. The number of nitrogens with two attached hydrogens (primary N) is 1. The molecule has 0 aliphatic heterocycles. The molecule has 1 unspecified atom stereocenters. The minimum absolute atomic E-state index is 0.0753. The van der Waals surface area contributed by atoms with Crippen LogP contribution in [0.25, 0.3) is 0 Å². The summed E-state index contributed by atoms with van der Waals surface area (Å²) >= 11 is 0. The first-order chi connectivity index (χ1) is 12.6. The molecular formula is C19H28N2O5. The Balaban J connectivity index is 1.97. The number of amides is 1. The summed E-state index contributed by atoms with van der Waals surface area (Å²) in [5, 5.41) is 2.88. The predicted molar refractivity (Wildman–Crippen MR) is 98.8 cm³/mol. The van der Waals surface area contributed by atoms with Crippen LogP contribution < -0.4 is 25.3 Å². The molecule has 7 nitrogen and oxygen atoms in total. The lowest BCUT2D eigenvalue weighted by atomic mass is 9.96. The zero-order chi connectivity index (χ0) is 18.9. The second-order valence-corrected chi connectivity index (χ2v) is 6.15. The van der Waals surface area contributed by atoms with Crippen LogP contribution in [0.3, 0.4) is 0 Å². The molecule has 1 aliphatic carbocycles. The van der Waals surface area contributed by atoms with Gasteiger partial charge >= 0.3 is 6.09 Å². The van der Waals surface area contributed by atoms with E-state index < -0.39 is 6.09 Å². The lowest BCUT2D eigenvalue weighted by Crippen LogP contribution is -2.47. The molecule has 0 saturated heterocycles. The van der Waals surface area contributed by atoms with Crippen molar-refractivity contribution in [2.24, 2.45) is 5.73 Å². The summed E-state index contributed by atoms with van der Waals surface area (Å²) in [6.07, 6.45) is 7.25. The van der Waals surface area contributed by atoms with Crippen molar-refractivity contribution in [2.75, 3.05) is 21.3 Å². The van der Waals surface area contributed by atoms with Gasteiger partial charge < -0.3 is 30.0 Å². The molecule has 7 heteroatoms. The number of alkyl carbamates (subject to hydrolysis) is 1. The largest absolute Gasteiger partial charge is 0.493 e. The fraction of sp³-hybridized carbons (Fsp3) is 0.526. The van der Waals surface area contributed by atoms with Crippen molar-refractivity contribution in [3.8, 4) is 17.2 Å². The molecule has 0 heterocycles. The van der Waals surface area contributed by atoms with Crippen molar-refractivity contribution in [3.63, 3.8) is 0 Å². The molecule has 1 aromatic carbocycles. The summed E-state index contributed by atoms with van der Waals surface area (Å²) in [5.41, 5.74) is 6.90. The van der Waals surface area contributed by atoms with E-state index in [-0.39, 0.29) is 18.7 Å². The summed E-state index contributed by atoms with van der Waals surface area (Å²) in [5.74, 6) is 1.52. The Labute approximate surface area is 154 Å². The maximum atomic E-state index is 12.2. The van der Waals surface area contributed by atoms with Gasteiger partial charge in [-0.3, -0.25) is 0 Å². The molecule has 1 aliphatic rings. The van der Waals surface area contributed by atoms with Gasteiger partial charge in [0.15, 0.2) is 11.5 Å². The zero-order valence-corrected chi connectivity index (χ0v) is 15.6. The topological polar surface area (TPSA) is 92.0 Å². The van der Waals surface area contributed by atoms with Gasteiger partial charge in [0.1, 0.15) is 6.61 Å². The normalized spacial score (nSPS) is 19.8. The molecule has 2 rings (SSSR count). The van der Waals surface area contributed by atoms with Crippen molar-refractivity contribution < 1.29 is 23.7 Å². The van der Waals surface area contributed by atoms with Gasteiger partial charge in [0.05, 0.1) is 21.3 Å². The first-order valence-electron chi connectivity index (χ1n) is 8.71. The van der Waals surface area contributed by atoms with Crippen molar-refractivity contribution in [3.05, 3.63) is 29.8 Å². The monoisotopic (exact) mass is 364 g/mol. The standard InChI is InChI=1S/C19H28N2O5/c1-23-16-10-13(11-17(24-2)18(16)25-3)12-26-19(22)21-15-9-7-5-4-6-8-14(15)20/h4-5,10-11,14-15H,6-9,12,20H2,1-3H3,(H,21,22)/t14-,15?/m0/s1. The maximum absolute atomic E-state index is 12.2. The van der Waals surface area contributed by atoms with Crippen LogP contribution in [0, 0.1) is 0 Å². The summed E-state index contributed by atoms with van der Waals surface area (Å²) < 4.78 is 21.2. The van der Waals surface area contributed by atoms with Gasteiger partial charge in [0.2, 0.25) is 5.75 Å². The summed E-state index contributed by atoms with van der Waals surface area (Å²) in [6, 6.07) is 3.34. The Bertz CT molecular complexity index is 607. The molecule has 0 spiro atoms. The van der Waals surface area contributed by atoms with Gasteiger partial charge in [-0.25, -0.2) is 4.79 Å². The van der Waals surface area contributed by atoms with Crippen LogP contribution in [0.4, 0.5) is 4.79 Å². The van der Waals surface area contributed by atoms with Crippen LogP contribution in [0.1, 0.15) is 31.2 Å². The fourth-order valence-electron chi connectivity index (χ4n) is 2.96. The minimum atomic E-state index is -0.483. The fourth-order valence-corrected chi connectivity index (χ4v) is 2.96. The number of benzene rings is 1. The Morgan fingerprint density at radius 1 is 1.08 bits per heavy atom. The smallest absolute Gasteiger partial charge is 0.407 e. The van der Waals surface area contributed by atoms with Crippen LogP contribution in [-0.4, -0.2) is 39.5 Å². The Kier molecular flexibility index (Phi) is 7.59. The molecular weight excluding hydrogens is 336 g/mol. The van der Waals surface area contributed by atoms with E-state index in [4.69, 9.17) is 24.7 Å². The molecule has 1 amide bonds. The van der Waals surface area contributed by atoms with Crippen LogP contribution in [0.5, 0.6) is 17.2 Å². The van der Waals surface area contributed by atoms with Crippen LogP contribution in [0.15, 0.2) is 24.3 Å². The SMILES string of the molecule is COc1cc(COC(=O)NC2CCC=CCC[C@@H]2N)cc(OC)c1OC. The number of hydrogen-bond donors (Lipinski definition) is 2. The van der Waals surface area contributed by atoms with E-state index in [1.807, 2.05) is 0 Å². The Hall–Kier alpha value is -2.41. The zero-order valence-electron chi connectivity index (χ0n) is 15.6. The van der Waals surface area contributed by atoms with Gasteiger partial charge in [-0.2, -0.15) is 0 Å². The van der Waals surface area contributed by atoms with E-state index in [1.165, 1.54) is 7.11 Å². The number of carbonyl (C=O) groups excluding carboxylic acids is 1. The number of carbonyl (C=O) groups is 1. The lowest BCUT2D eigenvalue weighted by Gasteiger charge is -2.25. The highest BCUT2D eigenvalue weighted by Gasteiger charge is 2.21. The molecule has 3 N–H and O–H groups in total. The third-order valence-corrected chi connectivity index (χ3v) is 4.39. The van der Waals surface area contributed by atoms with Crippen molar-refractivity contribution >= 4 is 6.09 Å². The van der Waals surface area contributed by atoms with Crippen LogP contribution in [-0.2, 0) is 11.3 Å². The van der Waals surface area contributed by atoms with Crippen molar-refractivity contribution in [2.45, 2.75) is 44.4 Å². The first-order valence-corrected chi connectivity index (χ1v) is 8.71. The minimum Gasteiger partial charge on any atom is -0.493 e. The number of ether oxygens (including phenoxy) is 4. The highest BCUT2D eigenvalue weighted by molar-refractivity contribution is 5.67. The molecule has 0 fully saturated rings. The molecule has 1 aromatic rings. The summed E-state index contributed by atoms with van der Waals surface area (Å²) in [7, 11) is 4.62. The van der Waals surface area contributed by atoms with Gasteiger partial charge in [-0.05, 0) is 43.4 Å². The van der Waals surface area contributed by atoms with Gasteiger partial charge in [-0.15, -0.1) is 0 Å². The summed E-state index contributed by atoms with van der Waals surface area (Å²) in [4.78, 5) is 12.2. The van der Waals surface area contributed by atoms with E-state index in [0.717, 1.165) is 31.2 Å². The number of allylic oxidation sites excluding steroid dienone is 2. The summed E-state index contributed by atoms with van der Waals surface area (Å²) in [6.45, 7) is 0.0877. The predicted octanol–water partition coefficient (Wildman–Crippen LogP) is 2.76. The highest BCUT2D eigenvalue weighted by Crippen LogP contribution is 2.38. The van der Waals surface area contributed by atoms with E-state index in [0.29, 0.717) is 17.2 Å². The van der Waals surface area contributed by atoms with Gasteiger partial charge in [0, 0.05) is 12.1 Å². The highest BCUT2D eigenvalue weighted by atomic mass is 16.5. The lowest BCUT2D eigenvalue weighted by molar-refractivity contribution is 0.132. The number of rotatable bonds is 6. The third-order valence-electron chi connectivity index (χ3n) is 4.39. The van der Waals surface area contributed by atoms with E-state index in [2.05, 4.69) is 17.5 Å². The second-order valence-electron chi connectivity index (χ2n) is 6.15. The number of nitrogens with one attached hydrogen (secondary N) is 1. The molecule has 2 atom stereocenters. The van der Waals surface area contributed by atoms with E-state index >= 15 is 0 Å². The van der Waals surface area contributed by atoms with Crippen LogP contribution in [0.2, 0.25) is 0 Å². The average Bonchev–Trinajstić information content (AvgIpc) is 2.65. The molecule has 0 saturated carbocycles. The molecule has 26 heavy (non-hydrogen) atoms. The van der Waals surface area contributed by atoms with Crippen LogP contribution >= 0.6 is 0 Å². The van der Waals surface area contributed by atoms with Crippen molar-refractivity contribution in [1.82, 2.24) is 5.32 Å². The average molecular weight is 364 g/mol. The molecule has 0 bridgehead atoms. The second kappa shape index (κ2) is 9.91. The number of methoxy groups -OCH3 is 3. The van der Waals surface area contributed by atoms with Crippen molar-refractivity contribution in [1.29, 1.82) is 0 Å². The molecule has 0 radical (unpaired) electrons. The quantitative estimate of drug-likeness (QED) is 0.754. The maximum Gasteiger partial charge on any atom is 0.407 e. The van der Waals surface area contributed by atoms with Gasteiger partial charge in [-0.1, -0.05) is 12.2 Å². The van der Waals surface area contributed by atoms with E-state index in [9.17, 15) is 4.79 Å². The Morgan fingerprint density at radius 2 is 1.69 bits per heavy atom.